The lowest BCUT2D eigenvalue weighted by molar-refractivity contribution is -0.126. The third-order valence-corrected chi connectivity index (χ3v) is 8.26. The monoisotopic (exact) mass is 370 g/mol. The minimum Gasteiger partial charge on any atom is -0.392 e. The zero-order valence-electron chi connectivity index (χ0n) is 14.8. The van der Waals surface area contributed by atoms with Crippen molar-refractivity contribution >= 4 is 17.7 Å². The molecular formula is C21H26N2O2S. The number of thioether (sulfide) groups is 1. The Kier molecular flexibility index (Phi) is 3.96. The van der Waals surface area contributed by atoms with E-state index in [0.717, 1.165) is 12.8 Å². The van der Waals surface area contributed by atoms with Crippen LogP contribution in [0.4, 0.5) is 0 Å². The molecule has 3 fully saturated rings. The summed E-state index contributed by atoms with van der Waals surface area (Å²) in [5.74, 6) is 0.725. The lowest BCUT2D eigenvalue weighted by Crippen LogP contribution is -2.59. The summed E-state index contributed by atoms with van der Waals surface area (Å²) in [6.45, 7) is 0.709. The summed E-state index contributed by atoms with van der Waals surface area (Å²) in [4.78, 5) is 12.4. The van der Waals surface area contributed by atoms with Crippen LogP contribution in [0.2, 0.25) is 0 Å². The van der Waals surface area contributed by atoms with Crippen LogP contribution in [-0.2, 0) is 10.2 Å². The normalized spacial score (nSPS) is 39.8. The highest BCUT2D eigenvalue weighted by Crippen LogP contribution is 2.51. The van der Waals surface area contributed by atoms with Gasteiger partial charge in [0.2, 0.25) is 5.91 Å². The second-order valence-electron chi connectivity index (χ2n) is 8.43. The Labute approximate surface area is 158 Å². The number of fused-ring (bicyclic) bond motifs is 3. The minimum atomic E-state index is -0.346. The van der Waals surface area contributed by atoms with E-state index in [2.05, 4.69) is 41.1 Å². The summed E-state index contributed by atoms with van der Waals surface area (Å²) < 4.78 is 0. The van der Waals surface area contributed by atoms with Gasteiger partial charge in [-0.2, -0.15) is 0 Å². The van der Waals surface area contributed by atoms with Crippen molar-refractivity contribution < 1.29 is 9.90 Å². The molecule has 26 heavy (non-hydrogen) atoms. The molecule has 2 aliphatic carbocycles. The Morgan fingerprint density at radius 2 is 2.00 bits per heavy atom. The van der Waals surface area contributed by atoms with Gasteiger partial charge in [-0.15, -0.1) is 11.8 Å². The number of nitrogens with two attached hydrogens (primary N) is 1. The van der Waals surface area contributed by atoms with E-state index in [1.54, 1.807) is 11.8 Å². The lowest BCUT2D eigenvalue weighted by Gasteiger charge is -2.48. The summed E-state index contributed by atoms with van der Waals surface area (Å²) in [5, 5.41) is 16.1. The number of amides is 1. The third-order valence-electron chi connectivity index (χ3n) is 7.13. The van der Waals surface area contributed by atoms with Gasteiger partial charge in [0.1, 0.15) is 0 Å². The predicted molar refractivity (Wildman–Crippen MR) is 104 cm³/mol. The number of piperidine rings is 1. The fourth-order valence-electron chi connectivity index (χ4n) is 5.41. The van der Waals surface area contributed by atoms with Gasteiger partial charge < -0.3 is 16.2 Å². The first-order valence-electron chi connectivity index (χ1n) is 9.74. The Balaban J connectivity index is 1.48. The van der Waals surface area contributed by atoms with Gasteiger partial charge in [-0.1, -0.05) is 30.3 Å². The van der Waals surface area contributed by atoms with Gasteiger partial charge in [-0.05, 0) is 48.1 Å². The molecule has 2 heterocycles. The molecule has 0 spiro atoms. The first-order valence-corrected chi connectivity index (χ1v) is 10.7. The van der Waals surface area contributed by atoms with Crippen molar-refractivity contribution in [3.8, 4) is 0 Å². The Morgan fingerprint density at radius 3 is 2.69 bits per heavy atom. The van der Waals surface area contributed by atoms with Crippen molar-refractivity contribution in [2.75, 3.05) is 6.54 Å². The number of nitrogens with one attached hydrogen (secondary N) is 1. The largest absolute Gasteiger partial charge is 0.392 e. The number of hydrogen-bond acceptors (Lipinski definition) is 4. The number of aliphatic hydroxyl groups excluding tert-OH is 1. The fraction of sp³-hybridized carbons (Fsp3) is 0.571. The summed E-state index contributed by atoms with van der Waals surface area (Å²) in [7, 11) is 0. The van der Waals surface area contributed by atoms with Crippen LogP contribution in [0.15, 0.2) is 35.7 Å². The molecule has 4 aliphatic rings. The molecular weight excluding hydrogens is 344 g/mol. The molecule has 1 aromatic rings. The van der Waals surface area contributed by atoms with Gasteiger partial charge in [0.05, 0.1) is 11.4 Å². The van der Waals surface area contributed by atoms with Gasteiger partial charge in [0, 0.05) is 29.8 Å². The van der Waals surface area contributed by atoms with E-state index in [-0.39, 0.29) is 46.5 Å². The zero-order chi connectivity index (χ0) is 17.9. The number of allylic oxidation sites excluding steroid dienone is 1. The van der Waals surface area contributed by atoms with Crippen LogP contribution in [0.1, 0.15) is 42.7 Å². The molecule has 0 radical (unpaired) electrons. The predicted octanol–water partition coefficient (Wildman–Crippen LogP) is 2.28. The Morgan fingerprint density at radius 1 is 1.23 bits per heavy atom. The molecule has 5 rings (SSSR count). The number of rotatable bonds is 3. The van der Waals surface area contributed by atoms with Crippen molar-refractivity contribution in [2.24, 2.45) is 17.6 Å². The highest BCUT2D eigenvalue weighted by atomic mass is 32.2. The molecule has 6 atom stereocenters. The van der Waals surface area contributed by atoms with Crippen LogP contribution >= 0.6 is 11.8 Å². The van der Waals surface area contributed by atoms with E-state index >= 15 is 0 Å². The van der Waals surface area contributed by atoms with E-state index in [0.29, 0.717) is 6.54 Å². The number of aliphatic hydroxyl groups is 1. The molecule has 4 nitrogen and oxygen atoms in total. The highest BCUT2D eigenvalue weighted by molar-refractivity contribution is 8.03. The van der Waals surface area contributed by atoms with Crippen molar-refractivity contribution in [3.63, 3.8) is 0 Å². The van der Waals surface area contributed by atoms with Crippen LogP contribution in [0.25, 0.3) is 0 Å². The quantitative estimate of drug-likeness (QED) is 0.763. The van der Waals surface area contributed by atoms with E-state index in [9.17, 15) is 9.90 Å². The average Bonchev–Trinajstić information content (AvgIpc) is 3.30. The van der Waals surface area contributed by atoms with Gasteiger partial charge in [-0.3, -0.25) is 4.79 Å². The molecule has 5 heteroatoms. The van der Waals surface area contributed by atoms with Crippen LogP contribution in [0.5, 0.6) is 0 Å². The smallest absolute Gasteiger partial charge is 0.234 e. The molecule has 2 saturated carbocycles. The average molecular weight is 371 g/mol. The molecule has 1 saturated heterocycles. The maximum atomic E-state index is 12.4. The van der Waals surface area contributed by atoms with Gasteiger partial charge in [-0.25, -0.2) is 0 Å². The van der Waals surface area contributed by atoms with Crippen molar-refractivity contribution in [2.45, 2.75) is 54.4 Å². The van der Waals surface area contributed by atoms with Crippen molar-refractivity contribution in [1.82, 2.24) is 5.32 Å². The molecule has 6 unspecified atom stereocenters. The second-order valence-corrected chi connectivity index (χ2v) is 9.48. The van der Waals surface area contributed by atoms with Crippen molar-refractivity contribution in [3.05, 3.63) is 46.9 Å². The first-order chi connectivity index (χ1) is 12.6. The molecule has 0 aromatic heterocycles. The van der Waals surface area contributed by atoms with Crippen LogP contribution < -0.4 is 11.1 Å². The van der Waals surface area contributed by atoms with Crippen molar-refractivity contribution in [1.29, 1.82) is 0 Å². The SMILES string of the molecule is NCC1(c2ccc(C3C(O)CCC4NC(=O)C5SC=CC5C43)cc2)CC1. The molecule has 1 aromatic carbocycles. The fourth-order valence-corrected chi connectivity index (χ4v) is 6.50. The summed E-state index contributed by atoms with van der Waals surface area (Å²) in [6, 6.07) is 8.98. The maximum absolute atomic E-state index is 12.4. The zero-order valence-corrected chi connectivity index (χ0v) is 15.6. The summed E-state index contributed by atoms with van der Waals surface area (Å²) in [6.07, 6.45) is 5.81. The summed E-state index contributed by atoms with van der Waals surface area (Å²) >= 11 is 1.62. The van der Waals surface area contributed by atoms with E-state index in [1.807, 2.05) is 0 Å². The van der Waals surface area contributed by atoms with Crippen LogP contribution in [0, 0.1) is 11.8 Å². The second kappa shape index (κ2) is 6.11. The Hall–Kier alpha value is -1.30. The number of carbonyl (C=O) groups excluding carboxylic acids is 1. The maximum Gasteiger partial charge on any atom is 0.234 e. The number of benzene rings is 1. The van der Waals surface area contributed by atoms with Crippen LogP contribution in [-0.4, -0.2) is 35.0 Å². The van der Waals surface area contributed by atoms with E-state index in [1.165, 1.54) is 24.0 Å². The van der Waals surface area contributed by atoms with E-state index in [4.69, 9.17) is 5.73 Å². The highest BCUT2D eigenvalue weighted by Gasteiger charge is 2.52. The standard InChI is InChI=1S/C21H26N2O2S/c22-11-21(8-9-21)13-3-1-12(2-4-13)17-16(24)6-5-15-18(17)14-7-10-26-19(14)20(25)23-15/h1-4,7,10,14-19,24H,5-6,8-9,11,22H2,(H,23,25). The minimum absolute atomic E-state index is 0.0321. The van der Waals surface area contributed by atoms with Gasteiger partial charge in [0.25, 0.3) is 0 Å². The van der Waals surface area contributed by atoms with Crippen LogP contribution in [0.3, 0.4) is 0 Å². The molecule has 0 bridgehead atoms. The number of hydrogen-bond donors (Lipinski definition) is 3. The lowest BCUT2D eigenvalue weighted by atomic mass is 9.63. The van der Waals surface area contributed by atoms with Gasteiger partial charge in [0.15, 0.2) is 0 Å². The number of carbonyl (C=O) groups is 1. The molecule has 138 valence electrons. The molecule has 2 aliphatic heterocycles. The molecule has 4 N–H and O–H groups in total. The Bertz CT molecular complexity index is 743. The van der Waals surface area contributed by atoms with E-state index < -0.39 is 0 Å². The summed E-state index contributed by atoms with van der Waals surface area (Å²) in [5.41, 5.74) is 8.70. The third kappa shape index (κ3) is 2.48. The first kappa shape index (κ1) is 16.8. The topological polar surface area (TPSA) is 75.3 Å². The van der Waals surface area contributed by atoms with Gasteiger partial charge >= 0.3 is 0 Å². The molecule has 1 amide bonds.